The second-order valence-electron chi connectivity index (χ2n) is 4.40. The molecular formula is C14H22O. The molecule has 0 aliphatic carbocycles. The van der Waals surface area contributed by atoms with E-state index in [1.165, 1.54) is 28.7 Å². The Morgan fingerprint density at radius 2 is 1.53 bits per heavy atom. The minimum Gasteiger partial charge on any atom is -0.396 e. The van der Waals surface area contributed by atoms with E-state index in [0.29, 0.717) is 6.61 Å². The molecule has 0 radical (unpaired) electrons. The fourth-order valence-electron chi connectivity index (χ4n) is 1.89. The van der Waals surface area contributed by atoms with Crippen molar-refractivity contribution in [1.29, 1.82) is 0 Å². The van der Waals surface area contributed by atoms with Gasteiger partial charge in [-0.1, -0.05) is 18.6 Å². The van der Waals surface area contributed by atoms with Gasteiger partial charge in [-0.3, -0.25) is 0 Å². The molecule has 1 rings (SSSR count). The van der Waals surface area contributed by atoms with Crippen molar-refractivity contribution in [1.82, 2.24) is 0 Å². The van der Waals surface area contributed by atoms with Crippen LogP contribution in [-0.4, -0.2) is 11.7 Å². The first-order valence-electron chi connectivity index (χ1n) is 5.82. The monoisotopic (exact) mass is 206 g/mol. The molecule has 1 aromatic rings. The number of hydrogen-bond acceptors (Lipinski definition) is 1. The molecule has 84 valence electrons. The minimum atomic E-state index is 0.325. The van der Waals surface area contributed by atoms with Crippen molar-refractivity contribution >= 4 is 0 Å². The topological polar surface area (TPSA) is 20.2 Å². The third-order valence-corrected chi connectivity index (χ3v) is 3.06. The van der Waals surface area contributed by atoms with Crippen molar-refractivity contribution in [2.24, 2.45) is 0 Å². The number of benzene rings is 1. The summed E-state index contributed by atoms with van der Waals surface area (Å²) >= 11 is 0. The van der Waals surface area contributed by atoms with Crippen molar-refractivity contribution < 1.29 is 5.11 Å². The highest BCUT2D eigenvalue weighted by Gasteiger charge is 2.01. The standard InChI is InChI=1S/C14H22O/c1-11-9-13(3)14(10-12(11)2)7-5-4-6-8-15/h9-10,15H,4-8H2,1-3H3. The van der Waals surface area contributed by atoms with Crippen LogP contribution in [0.5, 0.6) is 0 Å². The zero-order valence-corrected chi connectivity index (χ0v) is 10.1. The predicted octanol–water partition coefficient (Wildman–Crippen LogP) is 3.32. The molecule has 0 amide bonds. The van der Waals surface area contributed by atoms with E-state index < -0.39 is 0 Å². The van der Waals surface area contributed by atoms with Crippen LogP contribution in [0.2, 0.25) is 0 Å². The van der Waals surface area contributed by atoms with Crippen LogP contribution in [0.15, 0.2) is 12.1 Å². The fraction of sp³-hybridized carbons (Fsp3) is 0.571. The first-order chi connectivity index (χ1) is 7.15. The molecule has 1 N–H and O–H groups in total. The van der Waals surface area contributed by atoms with Crippen LogP contribution in [0.3, 0.4) is 0 Å². The molecule has 0 spiro atoms. The van der Waals surface area contributed by atoms with Gasteiger partial charge < -0.3 is 5.11 Å². The molecule has 1 aromatic carbocycles. The van der Waals surface area contributed by atoms with Crippen LogP contribution in [0.4, 0.5) is 0 Å². The molecular weight excluding hydrogens is 184 g/mol. The van der Waals surface area contributed by atoms with Gasteiger partial charge in [-0.25, -0.2) is 0 Å². The smallest absolute Gasteiger partial charge is 0.0431 e. The van der Waals surface area contributed by atoms with Gasteiger partial charge in [0.2, 0.25) is 0 Å². The van der Waals surface area contributed by atoms with E-state index in [1.54, 1.807) is 0 Å². The van der Waals surface area contributed by atoms with Gasteiger partial charge in [-0.05, 0) is 62.3 Å². The Morgan fingerprint density at radius 3 is 2.20 bits per heavy atom. The lowest BCUT2D eigenvalue weighted by atomic mass is 9.97. The lowest BCUT2D eigenvalue weighted by Gasteiger charge is -2.09. The van der Waals surface area contributed by atoms with Crippen LogP contribution in [0, 0.1) is 20.8 Å². The van der Waals surface area contributed by atoms with E-state index in [9.17, 15) is 0 Å². The summed E-state index contributed by atoms with van der Waals surface area (Å²) in [6, 6.07) is 4.58. The van der Waals surface area contributed by atoms with Gasteiger partial charge in [0.15, 0.2) is 0 Å². The average Bonchev–Trinajstić information content (AvgIpc) is 2.20. The maximum atomic E-state index is 8.70. The summed E-state index contributed by atoms with van der Waals surface area (Å²) in [6.45, 7) is 6.85. The Balaban J connectivity index is 2.57. The van der Waals surface area contributed by atoms with Crippen molar-refractivity contribution in [2.45, 2.75) is 46.5 Å². The Kier molecular flexibility index (Phi) is 4.83. The number of aliphatic hydroxyl groups excluding tert-OH is 1. The summed E-state index contributed by atoms with van der Waals surface area (Å²) in [5, 5.41) is 8.70. The van der Waals surface area contributed by atoms with Crippen molar-refractivity contribution in [2.75, 3.05) is 6.61 Å². The van der Waals surface area contributed by atoms with Crippen molar-refractivity contribution in [3.8, 4) is 0 Å². The number of rotatable bonds is 5. The summed E-state index contributed by atoms with van der Waals surface area (Å²) < 4.78 is 0. The zero-order chi connectivity index (χ0) is 11.3. The Hall–Kier alpha value is -0.820. The number of unbranched alkanes of at least 4 members (excludes halogenated alkanes) is 2. The van der Waals surface area contributed by atoms with Crippen molar-refractivity contribution in [3.63, 3.8) is 0 Å². The quantitative estimate of drug-likeness (QED) is 0.733. The van der Waals surface area contributed by atoms with E-state index in [0.717, 1.165) is 19.3 Å². The molecule has 0 bridgehead atoms. The summed E-state index contributed by atoms with van der Waals surface area (Å²) in [5.74, 6) is 0. The molecule has 0 unspecified atom stereocenters. The molecule has 0 aromatic heterocycles. The lowest BCUT2D eigenvalue weighted by Crippen LogP contribution is -1.94. The van der Waals surface area contributed by atoms with E-state index >= 15 is 0 Å². The van der Waals surface area contributed by atoms with Crippen LogP contribution in [0.25, 0.3) is 0 Å². The van der Waals surface area contributed by atoms with Crippen LogP contribution >= 0.6 is 0 Å². The molecule has 0 heterocycles. The average molecular weight is 206 g/mol. The summed E-state index contributed by atoms with van der Waals surface area (Å²) in [5.41, 5.74) is 5.64. The molecule has 0 saturated heterocycles. The SMILES string of the molecule is Cc1cc(C)c(CCCCCO)cc1C. The van der Waals surface area contributed by atoms with Gasteiger partial charge in [0.05, 0.1) is 0 Å². The highest BCUT2D eigenvalue weighted by atomic mass is 16.2. The zero-order valence-electron chi connectivity index (χ0n) is 10.1. The second-order valence-corrected chi connectivity index (χ2v) is 4.40. The van der Waals surface area contributed by atoms with E-state index in [2.05, 4.69) is 32.9 Å². The normalized spacial score (nSPS) is 10.7. The highest BCUT2D eigenvalue weighted by Crippen LogP contribution is 2.17. The van der Waals surface area contributed by atoms with E-state index in [1.807, 2.05) is 0 Å². The maximum Gasteiger partial charge on any atom is 0.0431 e. The van der Waals surface area contributed by atoms with Crippen LogP contribution in [-0.2, 0) is 6.42 Å². The lowest BCUT2D eigenvalue weighted by molar-refractivity contribution is 0.283. The third-order valence-electron chi connectivity index (χ3n) is 3.06. The number of aliphatic hydroxyl groups is 1. The summed E-state index contributed by atoms with van der Waals surface area (Å²) in [6.07, 6.45) is 4.39. The third kappa shape index (κ3) is 3.67. The Bertz CT molecular complexity index is 315. The van der Waals surface area contributed by atoms with Gasteiger partial charge in [-0.15, -0.1) is 0 Å². The predicted molar refractivity (Wildman–Crippen MR) is 65.3 cm³/mol. The second kappa shape index (κ2) is 5.92. The van der Waals surface area contributed by atoms with Gasteiger partial charge in [0.25, 0.3) is 0 Å². The largest absolute Gasteiger partial charge is 0.396 e. The van der Waals surface area contributed by atoms with Crippen molar-refractivity contribution in [3.05, 3.63) is 34.4 Å². The van der Waals surface area contributed by atoms with E-state index in [-0.39, 0.29) is 0 Å². The first-order valence-corrected chi connectivity index (χ1v) is 5.82. The van der Waals surface area contributed by atoms with Gasteiger partial charge in [-0.2, -0.15) is 0 Å². The van der Waals surface area contributed by atoms with Crippen LogP contribution in [0.1, 0.15) is 41.5 Å². The minimum absolute atomic E-state index is 0.325. The maximum absolute atomic E-state index is 8.70. The molecule has 0 saturated carbocycles. The molecule has 0 aliphatic heterocycles. The Morgan fingerprint density at radius 1 is 0.867 bits per heavy atom. The number of hydrogen-bond donors (Lipinski definition) is 1. The molecule has 0 fully saturated rings. The van der Waals surface area contributed by atoms with E-state index in [4.69, 9.17) is 5.11 Å². The molecule has 1 heteroatoms. The number of aryl methyl sites for hydroxylation is 4. The molecule has 0 atom stereocenters. The van der Waals surface area contributed by atoms with Gasteiger partial charge in [0.1, 0.15) is 0 Å². The summed E-state index contributed by atoms with van der Waals surface area (Å²) in [4.78, 5) is 0. The molecule has 1 nitrogen and oxygen atoms in total. The molecule has 0 aliphatic rings. The Labute approximate surface area is 93.1 Å². The van der Waals surface area contributed by atoms with Gasteiger partial charge in [0, 0.05) is 6.61 Å². The molecule has 15 heavy (non-hydrogen) atoms. The van der Waals surface area contributed by atoms with Gasteiger partial charge >= 0.3 is 0 Å². The highest BCUT2D eigenvalue weighted by molar-refractivity contribution is 5.36. The summed E-state index contributed by atoms with van der Waals surface area (Å²) in [7, 11) is 0. The van der Waals surface area contributed by atoms with Crippen LogP contribution < -0.4 is 0 Å². The fourth-order valence-corrected chi connectivity index (χ4v) is 1.89. The first kappa shape index (κ1) is 12.3.